The van der Waals surface area contributed by atoms with E-state index in [1.807, 2.05) is 5.51 Å². The molecule has 2 N–H and O–H groups in total. The zero-order chi connectivity index (χ0) is 19.2. The van der Waals surface area contributed by atoms with Gasteiger partial charge in [-0.1, -0.05) is 13.0 Å². The van der Waals surface area contributed by atoms with Gasteiger partial charge in [0.15, 0.2) is 0 Å². The van der Waals surface area contributed by atoms with E-state index in [0.29, 0.717) is 12.5 Å². The zero-order valence-corrected chi connectivity index (χ0v) is 16.7. The second kappa shape index (κ2) is 6.87. The molecule has 3 heterocycles. The maximum absolute atomic E-state index is 12.9. The molecule has 2 fully saturated rings. The minimum atomic E-state index is -0.866. The Bertz CT molecular complexity index is 882. The second-order valence-electron chi connectivity index (χ2n) is 8.13. The summed E-state index contributed by atoms with van der Waals surface area (Å²) in [7, 11) is 2.11. The molecule has 0 saturated carbocycles. The Balaban J connectivity index is 1.88. The average Bonchev–Trinajstić information content (AvgIpc) is 3.29. The predicted molar refractivity (Wildman–Crippen MR) is 106 cm³/mol. The highest BCUT2D eigenvalue weighted by atomic mass is 32.1. The molecule has 2 amide bonds. The van der Waals surface area contributed by atoms with Crippen LogP contribution in [0.4, 0.5) is 0 Å². The molecule has 1 aromatic carbocycles. The lowest BCUT2D eigenvalue weighted by atomic mass is 9.69. The molecule has 2 aromatic rings. The fraction of sp³-hybridized carbons (Fsp3) is 0.550. The summed E-state index contributed by atoms with van der Waals surface area (Å²) in [5.74, 6) is -0.804. The van der Waals surface area contributed by atoms with E-state index in [2.05, 4.69) is 42.1 Å². The normalized spacial score (nSPS) is 29.3. The summed E-state index contributed by atoms with van der Waals surface area (Å²) in [5.41, 5.74) is 8.85. The van der Waals surface area contributed by atoms with Gasteiger partial charge in [0.1, 0.15) is 0 Å². The largest absolute Gasteiger partial charge is 0.361 e. The molecule has 2 saturated heterocycles. The van der Waals surface area contributed by atoms with Crippen LogP contribution in [0.15, 0.2) is 23.7 Å². The number of primary amides is 1. The fourth-order valence-corrected chi connectivity index (χ4v) is 5.64. The third-order valence-corrected chi connectivity index (χ3v) is 7.16. The van der Waals surface area contributed by atoms with Gasteiger partial charge in [-0.3, -0.25) is 9.59 Å². The monoisotopic (exact) mass is 386 g/mol. The third-order valence-electron chi connectivity index (χ3n) is 6.35. The fourth-order valence-electron chi connectivity index (χ4n) is 4.98. The van der Waals surface area contributed by atoms with Crippen molar-refractivity contribution >= 4 is 33.4 Å². The molecule has 6 nitrogen and oxygen atoms in total. The van der Waals surface area contributed by atoms with Crippen LogP contribution in [0.25, 0.3) is 10.2 Å². The van der Waals surface area contributed by atoms with Crippen molar-refractivity contribution in [1.82, 2.24) is 14.8 Å². The van der Waals surface area contributed by atoms with Crippen LogP contribution in [-0.2, 0) is 15.1 Å². The van der Waals surface area contributed by atoms with E-state index in [-0.39, 0.29) is 5.92 Å². The summed E-state index contributed by atoms with van der Waals surface area (Å²) in [6, 6.07) is 6.32. The van der Waals surface area contributed by atoms with Gasteiger partial charge in [-0.25, -0.2) is 4.98 Å². The lowest BCUT2D eigenvalue weighted by molar-refractivity contribution is -0.155. The zero-order valence-electron chi connectivity index (χ0n) is 15.9. The number of benzene rings is 1. The van der Waals surface area contributed by atoms with Gasteiger partial charge in [0.2, 0.25) is 0 Å². The van der Waals surface area contributed by atoms with Crippen molar-refractivity contribution in [2.24, 2.45) is 17.6 Å². The predicted octanol–water partition coefficient (Wildman–Crippen LogP) is 2.19. The van der Waals surface area contributed by atoms with E-state index in [0.717, 1.165) is 48.1 Å². The summed E-state index contributed by atoms with van der Waals surface area (Å²) in [4.78, 5) is 33.4. The first-order valence-electron chi connectivity index (χ1n) is 9.55. The van der Waals surface area contributed by atoms with E-state index < -0.39 is 17.4 Å². The van der Waals surface area contributed by atoms with Crippen LogP contribution >= 0.6 is 11.3 Å². The molecule has 4 rings (SSSR count). The van der Waals surface area contributed by atoms with Crippen molar-refractivity contribution in [1.29, 1.82) is 0 Å². The van der Waals surface area contributed by atoms with Gasteiger partial charge in [-0.15, -0.1) is 11.3 Å². The first kappa shape index (κ1) is 18.4. The van der Waals surface area contributed by atoms with Crippen LogP contribution in [0.5, 0.6) is 0 Å². The van der Waals surface area contributed by atoms with Gasteiger partial charge in [0.25, 0.3) is 0 Å². The van der Waals surface area contributed by atoms with Crippen molar-refractivity contribution in [3.63, 3.8) is 0 Å². The topological polar surface area (TPSA) is 79.5 Å². The number of likely N-dealkylation sites (tertiary alicyclic amines) is 2. The van der Waals surface area contributed by atoms with Crippen LogP contribution in [0, 0.1) is 11.8 Å². The Kier molecular flexibility index (Phi) is 4.68. The Morgan fingerprint density at radius 2 is 2.11 bits per heavy atom. The number of hydrogen-bond donors (Lipinski definition) is 1. The number of nitrogens with zero attached hydrogens (tertiary/aromatic N) is 3. The molecule has 1 aromatic heterocycles. The number of aromatic nitrogens is 1. The molecular formula is C20H26N4O2S. The van der Waals surface area contributed by atoms with Crippen LogP contribution in [0.3, 0.4) is 0 Å². The minimum Gasteiger partial charge on any atom is -0.361 e. The van der Waals surface area contributed by atoms with E-state index in [9.17, 15) is 9.59 Å². The molecule has 2 unspecified atom stereocenters. The molecular weight excluding hydrogens is 360 g/mol. The number of carbonyl (C=O) groups excluding carboxylic acids is 2. The molecule has 3 atom stereocenters. The average molecular weight is 387 g/mol. The number of amides is 2. The highest BCUT2D eigenvalue weighted by Crippen LogP contribution is 2.48. The standard InChI is InChI=1S/C20H26N4O2S/c1-13-5-7-20(15-6-8-23(2)11-15,24(10-13)19(26)18(21)25)14-3-4-17-16(9-14)22-12-27-17/h3-4,9,12-13,15H,5-8,10-11H2,1-2H3,(H2,21,25)/t13-,15?,20?/m0/s1. The number of carbonyl (C=O) groups is 2. The maximum atomic E-state index is 12.9. The van der Waals surface area contributed by atoms with Crippen molar-refractivity contribution in [3.8, 4) is 0 Å². The number of piperidine rings is 1. The lowest BCUT2D eigenvalue weighted by Gasteiger charge is -2.52. The van der Waals surface area contributed by atoms with Gasteiger partial charge < -0.3 is 15.5 Å². The van der Waals surface area contributed by atoms with Crippen molar-refractivity contribution in [2.45, 2.75) is 31.7 Å². The lowest BCUT2D eigenvalue weighted by Crippen LogP contribution is -2.60. The molecule has 0 bridgehead atoms. The summed E-state index contributed by atoms with van der Waals surface area (Å²) >= 11 is 1.61. The first-order valence-corrected chi connectivity index (χ1v) is 10.4. The van der Waals surface area contributed by atoms with Crippen LogP contribution < -0.4 is 5.73 Å². The van der Waals surface area contributed by atoms with Crippen LogP contribution in [-0.4, -0.2) is 53.3 Å². The van der Waals surface area contributed by atoms with Crippen LogP contribution in [0.1, 0.15) is 31.7 Å². The van der Waals surface area contributed by atoms with Crippen molar-refractivity contribution < 1.29 is 9.59 Å². The number of nitrogens with two attached hydrogens (primary N) is 1. The van der Waals surface area contributed by atoms with Gasteiger partial charge >= 0.3 is 11.8 Å². The number of rotatable bonds is 2. The van der Waals surface area contributed by atoms with E-state index in [1.54, 1.807) is 16.2 Å². The third kappa shape index (κ3) is 3.02. The summed E-state index contributed by atoms with van der Waals surface area (Å²) in [6.45, 7) is 4.61. The molecule has 27 heavy (non-hydrogen) atoms. The molecule has 0 radical (unpaired) electrons. The Morgan fingerprint density at radius 1 is 1.30 bits per heavy atom. The minimum absolute atomic E-state index is 0.273. The Labute approximate surface area is 163 Å². The molecule has 144 valence electrons. The Morgan fingerprint density at radius 3 is 2.81 bits per heavy atom. The van der Waals surface area contributed by atoms with Gasteiger partial charge in [-0.05, 0) is 56.5 Å². The maximum Gasteiger partial charge on any atom is 0.312 e. The summed E-state index contributed by atoms with van der Waals surface area (Å²) in [6.07, 6.45) is 2.88. The second-order valence-corrected chi connectivity index (χ2v) is 9.02. The van der Waals surface area contributed by atoms with Gasteiger partial charge in [0, 0.05) is 19.0 Å². The van der Waals surface area contributed by atoms with Crippen molar-refractivity contribution in [2.75, 3.05) is 26.7 Å². The van der Waals surface area contributed by atoms with Crippen molar-refractivity contribution in [3.05, 3.63) is 29.3 Å². The highest BCUT2D eigenvalue weighted by molar-refractivity contribution is 7.16. The summed E-state index contributed by atoms with van der Waals surface area (Å²) in [5, 5.41) is 0. The first-order chi connectivity index (χ1) is 12.9. The van der Waals surface area contributed by atoms with Crippen LogP contribution in [0.2, 0.25) is 0 Å². The molecule has 7 heteroatoms. The summed E-state index contributed by atoms with van der Waals surface area (Å²) < 4.78 is 1.13. The number of hydrogen-bond acceptors (Lipinski definition) is 5. The highest BCUT2D eigenvalue weighted by Gasteiger charge is 2.52. The SMILES string of the molecule is C[C@H]1CCC(c2ccc3scnc3c2)(C2CCN(C)C2)N(C(=O)C(N)=O)C1. The smallest absolute Gasteiger partial charge is 0.312 e. The quantitative estimate of drug-likeness (QED) is 0.803. The molecule has 0 spiro atoms. The molecule has 0 aliphatic carbocycles. The van der Waals surface area contributed by atoms with Gasteiger partial charge in [0.05, 0.1) is 21.3 Å². The van der Waals surface area contributed by atoms with E-state index >= 15 is 0 Å². The molecule has 2 aliphatic heterocycles. The van der Waals surface area contributed by atoms with Gasteiger partial charge in [-0.2, -0.15) is 0 Å². The molecule has 2 aliphatic rings. The van der Waals surface area contributed by atoms with E-state index in [1.165, 1.54) is 0 Å². The number of thiazole rings is 1. The number of fused-ring (bicyclic) bond motifs is 1. The van der Waals surface area contributed by atoms with E-state index in [4.69, 9.17) is 5.73 Å². The Hall–Kier alpha value is -1.99.